The Morgan fingerprint density at radius 3 is 2.79 bits per heavy atom. The molecule has 0 radical (unpaired) electrons. The van der Waals surface area contributed by atoms with E-state index in [9.17, 15) is 5.11 Å². The summed E-state index contributed by atoms with van der Waals surface area (Å²) in [6.45, 7) is 0. The Balaban J connectivity index is 2.15. The second-order valence-corrected chi connectivity index (χ2v) is 4.56. The lowest BCUT2D eigenvalue weighted by atomic mass is 10.1. The molecule has 2 heterocycles. The Bertz CT molecular complexity index is 700. The van der Waals surface area contributed by atoms with E-state index in [2.05, 4.69) is 4.99 Å². The van der Waals surface area contributed by atoms with E-state index < -0.39 is 0 Å². The number of benzene rings is 1. The van der Waals surface area contributed by atoms with Gasteiger partial charge in [-0.2, -0.15) is 0 Å². The molecule has 96 valence electrons. The molecule has 1 aliphatic heterocycles. The second-order valence-electron chi connectivity index (χ2n) is 4.56. The van der Waals surface area contributed by atoms with Crippen LogP contribution in [0.5, 0.6) is 5.88 Å². The van der Waals surface area contributed by atoms with Crippen LogP contribution in [0.3, 0.4) is 0 Å². The van der Waals surface area contributed by atoms with Crippen molar-refractivity contribution in [3.63, 3.8) is 0 Å². The number of nitrogens with two attached hydrogens (primary N) is 1. The van der Waals surface area contributed by atoms with Gasteiger partial charge in [0.1, 0.15) is 0 Å². The number of fused-ring (bicyclic) bond motifs is 1. The molecule has 0 amide bonds. The summed E-state index contributed by atoms with van der Waals surface area (Å²) in [7, 11) is 3.54. The van der Waals surface area contributed by atoms with Crippen LogP contribution >= 0.6 is 0 Å². The van der Waals surface area contributed by atoms with Crippen molar-refractivity contribution in [2.75, 3.05) is 5.73 Å². The van der Waals surface area contributed by atoms with Crippen molar-refractivity contribution in [3.8, 4) is 5.88 Å². The number of nitrogens with zero attached hydrogens (tertiary/aromatic N) is 3. The maximum atomic E-state index is 10.1. The summed E-state index contributed by atoms with van der Waals surface area (Å²) in [5.74, 6) is 0.637. The molecule has 1 aromatic carbocycles. The number of aromatic hydroxyl groups is 1. The monoisotopic (exact) mass is 255 g/mol. The van der Waals surface area contributed by atoms with Crippen LogP contribution in [0.15, 0.2) is 29.3 Å². The van der Waals surface area contributed by atoms with Gasteiger partial charge in [0.05, 0.1) is 19.8 Å². The standard InChI is InChI=1S/C14H14N4O/c1-17-12(13(19)18(2)14(17)15)7-9-8-16-11-6-4-3-5-10(9)11/h3-8,15H,1-2H3,(H,16,19)/p+1. The Labute approximate surface area is 110 Å². The lowest BCUT2D eigenvalue weighted by Gasteiger charge is -1.98. The summed E-state index contributed by atoms with van der Waals surface area (Å²) in [6.07, 6.45) is 3.69. The molecule has 3 N–H and O–H groups in total. The van der Waals surface area contributed by atoms with Crippen molar-refractivity contribution in [3.05, 3.63) is 35.5 Å². The first-order chi connectivity index (χ1) is 9.09. The first-order valence-electron chi connectivity index (χ1n) is 5.98. The molecule has 0 aliphatic carbocycles. The summed E-state index contributed by atoms with van der Waals surface area (Å²) in [5, 5.41) is 10.1. The molecule has 0 bridgehead atoms. The highest BCUT2D eigenvalue weighted by Crippen LogP contribution is 2.33. The number of hydrogen-bond acceptors (Lipinski definition) is 3. The van der Waals surface area contributed by atoms with Gasteiger partial charge in [0.15, 0.2) is 5.69 Å². The van der Waals surface area contributed by atoms with E-state index in [4.69, 9.17) is 5.73 Å². The fourth-order valence-corrected chi connectivity index (χ4v) is 2.24. The molecule has 1 aromatic heterocycles. The second kappa shape index (κ2) is 3.98. The quantitative estimate of drug-likeness (QED) is 0.756. The predicted molar refractivity (Wildman–Crippen MR) is 75.1 cm³/mol. The lowest BCUT2D eigenvalue weighted by molar-refractivity contribution is -0.662. The van der Waals surface area contributed by atoms with Crippen LogP contribution in [0.2, 0.25) is 0 Å². The van der Waals surface area contributed by atoms with E-state index in [0.717, 1.165) is 16.8 Å². The van der Waals surface area contributed by atoms with Crippen LogP contribution in [0.25, 0.3) is 11.6 Å². The maximum Gasteiger partial charge on any atom is 0.358 e. The van der Waals surface area contributed by atoms with Gasteiger partial charge in [0.25, 0.3) is 5.88 Å². The van der Waals surface area contributed by atoms with Crippen LogP contribution in [0.4, 0.5) is 11.6 Å². The van der Waals surface area contributed by atoms with Gasteiger partial charge in [-0.1, -0.05) is 18.2 Å². The molecule has 5 nitrogen and oxygen atoms in total. The Kier molecular flexibility index (Phi) is 2.41. The van der Waals surface area contributed by atoms with E-state index in [1.165, 1.54) is 0 Å². The fraction of sp³-hybridized carbons (Fsp3) is 0.143. The number of imidazole rings is 1. The van der Waals surface area contributed by atoms with E-state index in [0.29, 0.717) is 11.6 Å². The maximum absolute atomic E-state index is 10.1. The molecule has 0 saturated heterocycles. The molecular weight excluding hydrogens is 240 g/mol. The van der Waals surface area contributed by atoms with Gasteiger partial charge in [-0.15, -0.1) is 0 Å². The summed E-state index contributed by atoms with van der Waals surface area (Å²) in [4.78, 5) is 4.34. The molecule has 19 heavy (non-hydrogen) atoms. The molecule has 1 aliphatic rings. The van der Waals surface area contributed by atoms with Gasteiger partial charge < -0.3 is 5.11 Å². The highest BCUT2D eigenvalue weighted by atomic mass is 16.3. The number of hydrogen-bond donors (Lipinski definition) is 2. The van der Waals surface area contributed by atoms with Crippen molar-refractivity contribution < 1.29 is 9.67 Å². The smallest absolute Gasteiger partial charge is 0.358 e. The fourth-order valence-electron chi connectivity index (χ4n) is 2.24. The molecule has 2 aromatic rings. The third-order valence-electron chi connectivity index (χ3n) is 3.45. The number of para-hydroxylation sites is 1. The van der Waals surface area contributed by atoms with E-state index >= 15 is 0 Å². The molecule has 0 atom stereocenters. The van der Waals surface area contributed by atoms with Crippen LogP contribution in [0.1, 0.15) is 11.3 Å². The van der Waals surface area contributed by atoms with Crippen LogP contribution in [0, 0.1) is 0 Å². The summed E-state index contributed by atoms with van der Waals surface area (Å²) < 4.78 is 3.29. The van der Waals surface area contributed by atoms with Crippen LogP contribution in [-0.4, -0.2) is 15.9 Å². The molecule has 0 fully saturated rings. The van der Waals surface area contributed by atoms with E-state index in [1.54, 1.807) is 22.4 Å². The zero-order chi connectivity index (χ0) is 13.6. The van der Waals surface area contributed by atoms with Gasteiger partial charge in [-0.3, -0.25) is 10.7 Å². The number of nitrogen functional groups attached to an aromatic ring is 1. The third-order valence-corrected chi connectivity index (χ3v) is 3.45. The molecule has 0 spiro atoms. The number of rotatable bonds is 1. The normalized spacial score (nSPS) is 15.2. The average Bonchev–Trinajstić information content (AvgIpc) is 2.91. The predicted octanol–water partition coefficient (Wildman–Crippen LogP) is 1.39. The largest absolute Gasteiger partial charge is 0.481 e. The lowest BCUT2D eigenvalue weighted by Crippen LogP contribution is -2.30. The number of anilines is 1. The van der Waals surface area contributed by atoms with Gasteiger partial charge in [-0.05, 0) is 12.1 Å². The Morgan fingerprint density at radius 2 is 2.11 bits per heavy atom. The summed E-state index contributed by atoms with van der Waals surface area (Å²) in [6, 6.07) is 7.90. The Morgan fingerprint density at radius 1 is 1.37 bits per heavy atom. The first-order valence-corrected chi connectivity index (χ1v) is 5.98. The number of aliphatic imine (C=N–C) groups is 1. The number of allylic oxidation sites excluding steroid dienone is 1. The van der Waals surface area contributed by atoms with Crippen molar-refractivity contribution >= 4 is 29.5 Å². The Hall–Kier alpha value is -2.56. The highest BCUT2D eigenvalue weighted by Gasteiger charge is 2.22. The first kappa shape index (κ1) is 11.5. The van der Waals surface area contributed by atoms with Crippen LogP contribution < -0.4 is 10.3 Å². The highest BCUT2D eigenvalue weighted by molar-refractivity contribution is 6.21. The van der Waals surface area contributed by atoms with Gasteiger partial charge >= 0.3 is 5.95 Å². The zero-order valence-corrected chi connectivity index (χ0v) is 10.8. The summed E-state index contributed by atoms with van der Waals surface area (Å²) in [5.41, 5.74) is 9.51. The summed E-state index contributed by atoms with van der Waals surface area (Å²) >= 11 is 0. The van der Waals surface area contributed by atoms with Crippen molar-refractivity contribution in [2.45, 2.75) is 0 Å². The zero-order valence-electron chi connectivity index (χ0n) is 10.8. The topological polar surface area (TPSA) is 67.4 Å². The number of aromatic nitrogens is 2. The van der Waals surface area contributed by atoms with E-state index in [1.807, 2.05) is 37.4 Å². The average molecular weight is 255 g/mol. The van der Waals surface area contributed by atoms with Gasteiger partial charge in [0.2, 0.25) is 0 Å². The van der Waals surface area contributed by atoms with Gasteiger partial charge in [0, 0.05) is 17.4 Å². The van der Waals surface area contributed by atoms with Crippen molar-refractivity contribution in [1.82, 2.24) is 4.57 Å². The minimum atomic E-state index is 0.144. The van der Waals surface area contributed by atoms with E-state index in [-0.39, 0.29) is 5.88 Å². The van der Waals surface area contributed by atoms with Crippen molar-refractivity contribution in [1.29, 1.82) is 0 Å². The molecule has 0 unspecified atom stereocenters. The molecule has 0 saturated carbocycles. The minimum absolute atomic E-state index is 0.144. The molecule has 3 rings (SSSR count). The minimum Gasteiger partial charge on any atom is -0.481 e. The van der Waals surface area contributed by atoms with Crippen molar-refractivity contribution in [2.24, 2.45) is 19.1 Å². The van der Waals surface area contributed by atoms with Crippen LogP contribution in [-0.2, 0) is 14.1 Å². The third kappa shape index (κ3) is 1.62. The molecule has 5 heteroatoms. The van der Waals surface area contributed by atoms with Gasteiger partial charge in [-0.25, -0.2) is 9.13 Å². The SMILES string of the molecule is Cn1c(/C=C2\C=Nc3ccccc32)c(O)[n+](C)c1N. The molecular formula is C14H15N4O+.